The van der Waals surface area contributed by atoms with Crippen LogP contribution in [0, 0.1) is 0 Å². The van der Waals surface area contributed by atoms with Gasteiger partial charge in [0.05, 0.1) is 0 Å². The van der Waals surface area contributed by atoms with Crippen molar-refractivity contribution in [1.82, 2.24) is 0 Å². The lowest BCUT2D eigenvalue weighted by Gasteiger charge is -2.25. The molecule has 216 valence electrons. The Bertz CT molecular complexity index is 2530. The molecule has 1 aromatic heterocycles. The van der Waals surface area contributed by atoms with Gasteiger partial charge in [-0.1, -0.05) is 109 Å². The zero-order chi connectivity index (χ0) is 30.5. The average molecular weight is 588 g/mol. The maximum atomic E-state index is 6.28. The average Bonchev–Trinajstić information content (AvgIpc) is 3.50. The van der Waals surface area contributed by atoms with Gasteiger partial charge in [0.2, 0.25) is 0 Å². The molecule has 0 saturated carbocycles. The summed E-state index contributed by atoms with van der Waals surface area (Å²) in [5.41, 5.74) is 9.85. The second-order valence-electron chi connectivity index (χ2n) is 11.8. The minimum atomic E-state index is 0.882. The molecule has 0 aliphatic rings. The molecule has 8 aromatic carbocycles. The SMILES string of the molecule is c1ccc(N(c2ccc(-c3cc4ccccc4cc3-c3ccc4ccccc4c3)cc2)c2ccc3c(c2)oc2ccccc23)cc1. The summed E-state index contributed by atoms with van der Waals surface area (Å²) in [5, 5.41) is 7.23. The summed E-state index contributed by atoms with van der Waals surface area (Å²) in [6.07, 6.45) is 0. The van der Waals surface area contributed by atoms with E-state index < -0.39 is 0 Å². The second-order valence-corrected chi connectivity index (χ2v) is 11.8. The molecule has 0 amide bonds. The van der Waals surface area contributed by atoms with Crippen molar-refractivity contribution in [2.24, 2.45) is 0 Å². The Morgan fingerprint density at radius 2 is 0.870 bits per heavy atom. The van der Waals surface area contributed by atoms with Crippen LogP contribution in [0.25, 0.3) is 65.7 Å². The summed E-state index contributed by atoms with van der Waals surface area (Å²) >= 11 is 0. The van der Waals surface area contributed by atoms with Crippen molar-refractivity contribution in [1.29, 1.82) is 0 Å². The molecule has 0 fully saturated rings. The van der Waals surface area contributed by atoms with E-state index in [1.165, 1.54) is 43.8 Å². The maximum Gasteiger partial charge on any atom is 0.137 e. The molecular formula is C44H29NO. The number of anilines is 3. The number of furan rings is 1. The van der Waals surface area contributed by atoms with Crippen molar-refractivity contribution in [2.75, 3.05) is 4.90 Å². The van der Waals surface area contributed by atoms with Crippen LogP contribution in [-0.4, -0.2) is 0 Å². The lowest BCUT2D eigenvalue weighted by Crippen LogP contribution is -2.09. The van der Waals surface area contributed by atoms with E-state index in [2.05, 4.69) is 169 Å². The fourth-order valence-electron chi connectivity index (χ4n) is 6.74. The molecule has 0 radical (unpaired) electrons. The smallest absolute Gasteiger partial charge is 0.137 e. The fraction of sp³-hybridized carbons (Fsp3) is 0. The van der Waals surface area contributed by atoms with Crippen LogP contribution in [0.15, 0.2) is 180 Å². The van der Waals surface area contributed by atoms with Gasteiger partial charge in [0.1, 0.15) is 11.2 Å². The summed E-state index contributed by atoms with van der Waals surface area (Å²) in [6.45, 7) is 0. The zero-order valence-electron chi connectivity index (χ0n) is 25.1. The molecule has 2 heteroatoms. The van der Waals surface area contributed by atoms with Crippen molar-refractivity contribution in [2.45, 2.75) is 0 Å². The molecule has 9 rings (SSSR count). The molecule has 0 aliphatic carbocycles. The van der Waals surface area contributed by atoms with E-state index >= 15 is 0 Å². The highest BCUT2D eigenvalue weighted by molar-refractivity contribution is 6.06. The number of hydrogen-bond acceptors (Lipinski definition) is 2. The minimum absolute atomic E-state index is 0.882. The Hall–Kier alpha value is -6.12. The quantitative estimate of drug-likeness (QED) is 0.199. The molecule has 0 saturated heterocycles. The summed E-state index contributed by atoms with van der Waals surface area (Å²) in [5.74, 6) is 0. The molecule has 1 heterocycles. The van der Waals surface area contributed by atoms with Crippen molar-refractivity contribution < 1.29 is 4.42 Å². The van der Waals surface area contributed by atoms with Crippen LogP contribution in [0.4, 0.5) is 17.1 Å². The molecule has 0 atom stereocenters. The highest BCUT2D eigenvalue weighted by Gasteiger charge is 2.16. The molecule has 0 bridgehead atoms. The largest absolute Gasteiger partial charge is 0.456 e. The Morgan fingerprint density at radius 3 is 1.63 bits per heavy atom. The van der Waals surface area contributed by atoms with Gasteiger partial charge in [0, 0.05) is 33.9 Å². The third kappa shape index (κ3) is 4.51. The molecule has 2 nitrogen and oxygen atoms in total. The molecule has 0 N–H and O–H groups in total. The van der Waals surface area contributed by atoms with E-state index in [0.717, 1.165) is 39.0 Å². The summed E-state index contributed by atoms with van der Waals surface area (Å²) < 4.78 is 6.28. The van der Waals surface area contributed by atoms with Crippen LogP contribution >= 0.6 is 0 Å². The summed E-state index contributed by atoms with van der Waals surface area (Å²) in [4.78, 5) is 2.29. The first-order chi connectivity index (χ1) is 22.8. The number of rotatable bonds is 5. The minimum Gasteiger partial charge on any atom is -0.456 e. The monoisotopic (exact) mass is 587 g/mol. The van der Waals surface area contributed by atoms with Gasteiger partial charge in [0.25, 0.3) is 0 Å². The third-order valence-electron chi connectivity index (χ3n) is 9.02. The first-order valence-corrected chi connectivity index (χ1v) is 15.7. The van der Waals surface area contributed by atoms with E-state index in [4.69, 9.17) is 4.42 Å². The number of benzene rings is 8. The molecule has 46 heavy (non-hydrogen) atoms. The van der Waals surface area contributed by atoms with Gasteiger partial charge < -0.3 is 9.32 Å². The van der Waals surface area contributed by atoms with Crippen molar-refractivity contribution in [3.8, 4) is 22.3 Å². The molecular weight excluding hydrogens is 558 g/mol. The topological polar surface area (TPSA) is 16.4 Å². The lowest BCUT2D eigenvalue weighted by molar-refractivity contribution is 0.669. The maximum absolute atomic E-state index is 6.28. The van der Waals surface area contributed by atoms with Gasteiger partial charge in [0.15, 0.2) is 0 Å². The fourth-order valence-corrected chi connectivity index (χ4v) is 6.74. The first kappa shape index (κ1) is 26.3. The van der Waals surface area contributed by atoms with Crippen molar-refractivity contribution in [3.05, 3.63) is 176 Å². The first-order valence-electron chi connectivity index (χ1n) is 15.7. The lowest BCUT2D eigenvalue weighted by atomic mass is 9.90. The Labute approximate surface area is 267 Å². The van der Waals surface area contributed by atoms with Gasteiger partial charge in [-0.3, -0.25) is 0 Å². The zero-order valence-corrected chi connectivity index (χ0v) is 25.1. The van der Waals surface area contributed by atoms with E-state index in [1.807, 2.05) is 12.1 Å². The van der Waals surface area contributed by atoms with E-state index in [1.54, 1.807) is 0 Å². The van der Waals surface area contributed by atoms with E-state index in [-0.39, 0.29) is 0 Å². The Kier molecular flexibility index (Phi) is 6.17. The van der Waals surface area contributed by atoms with E-state index in [0.29, 0.717) is 0 Å². The summed E-state index contributed by atoms with van der Waals surface area (Å²) in [7, 11) is 0. The number of hydrogen-bond donors (Lipinski definition) is 0. The van der Waals surface area contributed by atoms with Gasteiger partial charge >= 0.3 is 0 Å². The molecule has 9 aromatic rings. The molecule has 0 spiro atoms. The van der Waals surface area contributed by atoms with Crippen LogP contribution < -0.4 is 4.90 Å². The second kappa shape index (κ2) is 10.8. The van der Waals surface area contributed by atoms with Crippen molar-refractivity contribution >= 4 is 60.5 Å². The Morgan fingerprint density at radius 1 is 0.326 bits per heavy atom. The van der Waals surface area contributed by atoms with Crippen LogP contribution in [0.5, 0.6) is 0 Å². The van der Waals surface area contributed by atoms with Crippen molar-refractivity contribution in [3.63, 3.8) is 0 Å². The highest BCUT2D eigenvalue weighted by atomic mass is 16.3. The van der Waals surface area contributed by atoms with Gasteiger partial charge in [-0.15, -0.1) is 0 Å². The van der Waals surface area contributed by atoms with Gasteiger partial charge in [-0.05, 0) is 104 Å². The third-order valence-corrected chi connectivity index (χ3v) is 9.02. The summed E-state index contributed by atoms with van der Waals surface area (Å²) in [6, 6.07) is 62.8. The molecule has 0 unspecified atom stereocenters. The number of nitrogens with zero attached hydrogens (tertiary/aromatic N) is 1. The van der Waals surface area contributed by atoms with Crippen LogP contribution in [0.1, 0.15) is 0 Å². The standard InChI is InChI=1S/C44H29NO/c1-2-14-36(15-3-1)45(38-24-25-40-39-16-8-9-17-43(39)46-44(40)29-38)37-22-20-31(21-23-37)41-27-33-12-6-7-13-34(33)28-42(41)35-19-18-30-10-4-5-11-32(30)26-35/h1-29H. The normalized spacial score (nSPS) is 11.5. The number of para-hydroxylation sites is 2. The van der Waals surface area contributed by atoms with Crippen LogP contribution in [0.2, 0.25) is 0 Å². The Balaban J connectivity index is 1.17. The number of fused-ring (bicyclic) bond motifs is 5. The predicted octanol–water partition coefficient (Wildman–Crippen LogP) is 12.7. The van der Waals surface area contributed by atoms with Crippen LogP contribution in [0.3, 0.4) is 0 Å². The van der Waals surface area contributed by atoms with E-state index in [9.17, 15) is 0 Å². The predicted molar refractivity (Wildman–Crippen MR) is 194 cm³/mol. The highest BCUT2D eigenvalue weighted by Crippen LogP contribution is 2.41. The van der Waals surface area contributed by atoms with Crippen LogP contribution in [-0.2, 0) is 0 Å². The van der Waals surface area contributed by atoms with Gasteiger partial charge in [-0.25, -0.2) is 0 Å². The van der Waals surface area contributed by atoms with Gasteiger partial charge in [-0.2, -0.15) is 0 Å². The molecule has 0 aliphatic heterocycles.